The highest BCUT2D eigenvalue weighted by molar-refractivity contribution is 5.99. The second-order valence-electron chi connectivity index (χ2n) is 10.5. The minimum absolute atomic E-state index is 0.218. The topological polar surface area (TPSA) is 13.0 Å². The van der Waals surface area contributed by atoms with Crippen molar-refractivity contribution in [1.29, 1.82) is 0 Å². The summed E-state index contributed by atoms with van der Waals surface area (Å²) in [7, 11) is 4.41. The fourth-order valence-corrected chi connectivity index (χ4v) is 6.33. The Bertz CT molecular complexity index is 1570. The van der Waals surface area contributed by atoms with E-state index in [0.717, 1.165) is 0 Å². The van der Waals surface area contributed by atoms with Crippen LogP contribution in [0.25, 0.3) is 21.5 Å². The lowest BCUT2D eigenvalue weighted by Gasteiger charge is -2.33. The molecule has 0 aliphatic carbocycles. The molecule has 7 rings (SSSR count). The smallest absolute Gasteiger partial charge is 0.103 e. The average Bonchev–Trinajstić information content (AvgIpc) is 3.30. The van der Waals surface area contributed by atoms with E-state index in [1.807, 2.05) is 0 Å². The van der Waals surface area contributed by atoms with E-state index < -0.39 is 0 Å². The van der Waals surface area contributed by atoms with Crippen molar-refractivity contribution in [2.75, 3.05) is 33.7 Å². The number of nitrogens with zero attached hydrogens (tertiary/aromatic N) is 4. The lowest BCUT2D eigenvalue weighted by molar-refractivity contribution is 0.725. The van der Waals surface area contributed by atoms with Crippen LogP contribution < -0.4 is 19.6 Å². The summed E-state index contributed by atoms with van der Waals surface area (Å²) in [4.78, 5) is 9.79. The van der Waals surface area contributed by atoms with Crippen LogP contribution >= 0.6 is 0 Å². The Morgan fingerprint density at radius 2 is 0.811 bits per heavy atom. The van der Waals surface area contributed by atoms with Crippen LogP contribution in [0.4, 0.5) is 34.1 Å². The summed E-state index contributed by atoms with van der Waals surface area (Å²) in [6, 6.07) is 33.5. The molecule has 0 N–H and O–H groups in total. The number of hydrogen-bond donors (Lipinski definition) is 0. The molecule has 0 amide bonds. The zero-order chi connectivity index (χ0) is 25.4. The second kappa shape index (κ2) is 7.91. The number of benzene rings is 5. The fourth-order valence-electron chi connectivity index (χ4n) is 6.33. The molecule has 2 aliphatic rings. The van der Waals surface area contributed by atoms with Gasteiger partial charge in [-0.2, -0.15) is 0 Å². The maximum Gasteiger partial charge on any atom is 0.103 e. The van der Waals surface area contributed by atoms with Gasteiger partial charge in [0.05, 0.1) is 22.7 Å². The molecule has 2 heterocycles. The zero-order valence-electron chi connectivity index (χ0n) is 22.1. The Labute approximate surface area is 218 Å². The SMILES string of the molecule is Cc1c(N2c3cc4ccccc4cc3N(C)[C@H]2C)cccc1N1c2cc3ccccc3cc2N(C)[C@@H]1C. The van der Waals surface area contributed by atoms with Gasteiger partial charge in [0.15, 0.2) is 0 Å². The van der Waals surface area contributed by atoms with Crippen molar-refractivity contribution >= 4 is 55.7 Å². The van der Waals surface area contributed by atoms with Gasteiger partial charge >= 0.3 is 0 Å². The van der Waals surface area contributed by atoms with Crippen LogP contribution in [-0.2, 0) is 0 Å². The van der Waals surface area contributed by atoms with Crippen LogP contribution in [0, 0.1) is 6.92 Å². The Kier molecular flexibility index (Phi) is 4.71. The van der Waals surface area contributed by atoms with Crippen molar-refractivity contribution in [3.05, 3.63) is 96.6 Å². The third-order valence-electron chi connectivity index (χ3n) is 8.63. The first kappa shape index (κ1) is 22.1. The summed E-state index contributed by atoms with van der Waals surface area (Å²) in [6.45, 7) is 6.87. The molecule has 0 radical (unpaired) electrons. The van der Waals surface area contributed by atoms with Gasteiger partial charge in [-0.1, -0.05) is 54.6 Å². The number of hydrogen-bond acceptors (Lipinski definition) is 4. The molecule has 0 bridgehead atoms. The summed E-state index contributed by atoms with van der Waals surface area (Å²) in [5, 5.41) is 5.12. The van der Waals surface area contributed by atoms with Crippen molar-refractivity contribution < 1.29 is 0 Å². The first-order valence-corrected chi connectivity index (χ1v) is 13.1. The third kappa shape index (κ3) is 3.08. The molecule has 4 heteroatoms. The van der Waals surface area contributed by atoms with E-state index >= 15 is 0 Å². The molecule has 37 heavy (non-hydrogen) atoms. The van der Waals surface area contributed by atoms with Gasteiger partial charge in [-0.05, 0) is 84.3 Å². The van der Waals surface area contributed by atoms with Crippen molar-refractivity contribution in [3.8, 4) is 0 Å². The third-order valence-corrected chi connectivity index (χ3v) is 8.63. The van der Waals surface area contributed by atoms with Crippen LogP contribution in [0.2, 0.25) is 0 Å². The summed E-state index contributed by atoms with van der Waals surface area (Å²) >= 11 is 0. The van der Waals surface area contributed by atoms with Crippen LogP contribution in [-0.4, -0.2) is 26.4 Å². The van der Waals surface area contributed by atoms with Gasteiger partial charge in [0.25, 0.3) is 0 Å². The predicted molar refractivity (Wildman–Crippen MR) is 159 cm³/mol. The zero-order valence-corrected chi connectivity index (χ0v) is 22.1. The van der Waals surface area contributed by atoms with Crippen molar-refractivity contribution in [2.45, 2.75) is 33.1 Å². The van der Waals surface area contributed by atoms with Crippen molar-refractivity contribution in [2.24, 2.45) is 0 Å². The van der Waals surface area contributed by atoms with E-state index in [2.05, 4.69) is 145 Å². The van der Waals surface area contributed by atoms with Gasteiger partial charge < -0.3 is 19.6 Å². The van der Waals surface area contributed by atoms with Gasteiger partial charge in [0, 0.05) is 25.5 Å². The molecule has 0 saturated heterocycles. The van der Waals surface area contributed by atoms with E-state index in [-0.39, 0.29) is 12.3 Å². The highest BCUT2D eigenvalue weighted by atomic mass is 15.4. The molecule has 0 saturated carbocycles. The fraction of sp³-hybridized carbons (Fsp3) is 0.212. The minimum Gasteiger partial charge on any atom is -0.352 e. The molecule has 0 spiro atoms. The van der Waals surface area contributed by atoms with E-state index in [4.69, 9.17) is 0 Å². The molecule has 0 unspecified atom stereocenters. The molecule has 184 valence electrons. The Hall–Kier alpha value is -4.18. The quantitative estimate of drug-likeness (QED) is 0.250. The molecular formula is C33H32N4. The Balaban J connectivity index is 1.39. The van der Waals surface area contributed by atoms with Crippen molar-refractivity contribution in [3.63, 3.8) is 0 Å². The average molecular weight is 485 g/mol. The standard InChI is InChI=1S/C33H32N4/c1-21-28(36-22(2)34(4)30-17-24-11-6-8-13-26(24)19-32(30)36)15-10-16-29(21)37-23(3)35(5)31-18-25-12-7-9-14-27(25)20-33(31)37/h6-20,22-23H,1-5H3/t22-,23+. The number of fused-ring (bicyclic) bond motifs is 4. The Morgan fingerprint density at radius 3 is 1.19 bits per heavy atom. The highest BCUT2D eigenvalue weighted by Crippen LogP contribution is 2.50. The van der Waals surface area contributed by atoms with Crippen LogP contribution in [0.15, 0.2) is 91.0 Å². The monoisotopic (exact) mass is 484 g/mol. The lowest BCUT2D eigenvalue weighted by Crippen LogP contribution is -2.37. The summed E-state index contributed by atoms with van der Waals surface area (Å²) in [6.07, 6.45) is 0.436. The van der Waals surface area contributed by atoms with Gasteiger partial charge in [0.1, 0.15) is 12.3 Å². The number of rotatable bonds is 2. The summed E-state index contributed by atoms with van der Waals surface area (Å²) in [5.41, 5.74) is 8.91. The van der Waals surface area contributed by atoms with Crippen molar-refractivity contribution in [1.82, 2.24) is 0 Å². The molecule has 2 atom stereocenters. The largest absolute Gasteiger partial charge is 0.352 e. The Morgan fingerprint density at radius 1 is 0.459 bits per heavy atom. The molecule has 5 aromatic rings. The molecule has 5 aromatic carbocycles. The van der Waals surface area contributed by atoms with Gasteiger partial charge in [-0.25, -0.2) is 0 Å². The van der Waals surface area contributed by atoms with E-state index in [1.54, 1.807) is 0 Å². The van der Waals surface area contributed by atoms with E-state index in [1.165, 1.54) is 61.2 Å². The highest BCUT2D eigenvalue weighted by Gasteiger charge is 2.36. The lowest BCUT2D eigenvalue weighted by atomic mass is 10.1. The van der Waals surface area contributed by atoms with E-state index in [0.29, 0.717) is 0 Å². The van der Waals surface area contributed by atoms with Crippen LogP contribution in [0.1, 0.15) is 19.4 Å². The van der Waals surface area contributed by atoms with Gasteiger partial charge in [-0.3, -0.25) is 0 Å². The molecule has 0 aromatic heterocycles. The molecular weight excluding hydrogens is 452 g/mol. The molecule has 2 aliphatic heterocycles. The predicted octanol–water partition coefficient (Wildman–Crippen LogP) is 8.17. The first-order valence-electron chi connectivity index (χ1n) is 13.1. The maximum atomic E-state index is 2.51. The molecule has 0 fully saturated rings. The van der Waals surface area contributed by atoms with E-state index in [9.17, 15) is 0 Å². The minimum atomic E-state index is 0.218. The second-order valence-corrected chi connectivity index (χ2v) is 10.5. The summed E-state index contributed by atoms with van der Waals surface area (Å²) in [5.74, 6) is 0. The van der Waals surface area contributed by atoms with Gasteiger partial charge in [0.2, 0.25) is 0 Å². The van der Waals surface area contributed by atoms with Crippen LogP contribution in [0.5, 0.6) is 0 Å². The maximum absolute atomic E-state index is 2.51. The van der Waals surface area contributed by atoms with Crippen LogP contribution in [0.3, 0.4) is 0 Å². The first-order chi connectivity index (χ1) is 17.9. The molecule has 4 nitrogen and oxygen atoms in total. The normalized spacial score (nSPS) is 18.7. The van der Waals surface area contributed by atoms with Gasteiger partial charge in [-0.15, -0.1) is 0 Å². The number of anilines is 6. The summed E-state index contributed by atoms with van der Waals surface area (Å²) < 4.78 is 0.